The molecule has 0 aromatic heterocycles. The fourth-order valence-corrected chi connectivity index (χ4v) is 2.69. The second-order valence-electron chi connectivity index (χ2n) is 6.50. The van der Waals surface area contributed by atoms with Crippen LogP contribution in [0.25, 0.3) is 0 Å². The van der Waals surface area contributed by atoms with E-state index in [-0.39, 0.29) is 11.4 Å². The van der Waals surface area contributed by atoms with Crippen molar-refractivity contribution in [2.75, 3.05) is 32.8 Å². The first-order valence-corrected chi connectivity index (χ1v) is 8.10. The molecule has 0 atom stereocenters. The van der Waals surface area contributed by atoms with Crippen LogP contribution in [0.15, 0.2) is 24.3 Å². The SMILES string of the molecule is CC(C)(CNC(=O)CCc1ccc(C#N)cc1)N1CCOCC1. The van der Waals surface area contributed by atoms with E-state index < -0.39 is 0 Å². The predicted octanol–water partition coefficient (Wildman–Crippen LogP) is 1.72. The Bertz CT molecular complexity index is 555. The molecule has 0 saturated carbocycles. The molecule has 1 fully saturated rings. The standard InChI is InChI=1S/C18H25N3O2/c1-18(2,21-9-11-23-12-10-21)14-20-17(22)8-7-15-3-5-16(13-19)6-4-15/h3-6H,7-12,14H2,1-2H3,(H,20,22). The average molecular weight is 315 g/mol. The second kappa shape index (κ2) is 8.09. The van der Waals surface area contributed by atoms with Crippen LogP contribution in [0.3, 0.4) is 0 Å². The largest absolute Gasteiger partial charge is 0.379 e. The Morgan fingerprint density at radius 1 is 1.30 bits per heavy atom. The molecule has 124 valence electrons. The number of nitrogens with zero attached hydrogens (tertiary/aromatic N) is 2. The van der Waals surface area contributed by atoms with Crippen molar-refractivity contribution >= 4 is 5.91 Å². The number of carbonyl (C=O) groups excluding carboxylic acids is 1. The first kappa shape index (κ1) is 17.5. The molecule has 5 nitrogen and oxygen atoms in total. The van der Waals surface area contributed by atoms with Crippen LogP contribution < -0.4 is 5.32 Å². The highest BCUT2D eigenvalue weighted by atomic mass is 16.5. The minimum atomic E-state index is -0.0616. The van der Waals surface area contributed by atoms with Gasteiger partial charge in [0, 0.05) is 31.6 Å². The summed E-state index contributed by atoms with van der Waals surface area (Å²) in [6, 6.07) is 9.48. The number of carbonyl (C=O) groups is 1. The van der Waals surface area contributed by atoms with Gasteiger partial charge >= 0.3 is 0 Å². The van der Waals surface area contributed by atoms with E-state index in [0.717, 1.165) is 31.9 Å². The summed E-state index contributed by atoms with van der Waals surface area (Å²) in [5.41, 5.74) is 1.66. The number of ether oxygens (including phenoxy) is 1. The highest BCUT2D eigenvalue weighted by molar-refractivity contribution is 5.76. The quantitative estimate of drug-likeness (QED) is 0.868. The zero-order valence-corrected chi connectivity index (χ0v) is 14.0. The van der Waals surface area contributed by atoms with Crippen LogP contribution in [0.1, 0.15) is 31.4 Å². The van der Waals surface area contributed by atoms with E-state index >= 15 is 0 Å². The summed E-state index contributed by atoms with van der Waals surface area (Å²) in [6.45, 7) is 8.28. The number of aryl methyl sites for hydroxylation is 1. The Kier molecular flexibility index (Phi) is 6.14. The number of benzene rings is 1. The summed E-state index contributed by atoms with van der Waals surface area (Å²) in [7, 11) is 0. The van der Waals surface area contributed by atoms with Gasteiger partial charge in [0.15, 0.2) is 0 Å². The van der Waals surface area contributed by atoms with E-state index in [2.05, 4.69) is 30.1 Å². The lowest BCUT2D eigenvalue weighted by Gasteiger charge is -2.40. The maximum Gasteiger partial charge on any atom is 0.220 e. The van der Waals surface area contributed by atoms with Crippen molar-refractivity contribution in [1.82, 2.24) is 10.2 Å². The van der Waals surface area contributed by atoms with Crippen LogP contribution in [0.2, 0.25) is 0 Å². The number of morpholine rings is 1. The highest BCUT2D eigenvalue weighted by Gasteiger charge is 2.28. The zero-order chi connectivity index (χ0) is 16.7. The third-order valence-corrected chi connectivity index (χ3v) is 4.31. The summed E-state index contributed by atoms with van der Waals surface area (Å²) in [5.74, 6) is 0.0655. The minimum Gasteiger partial charge on any atom is -0.379 e. The van der Waals surface area contributed by atoms with Crippen LogP contribution >= 0.6 is 0 Å². The molecule has 1 N–H and O–H groups in total. The topological polar surface area (TPSA) is 65.4 Å². The summed E-state index contributed by atoms with van der Waals surface area (Å²) < 4.78 is 5.38. The van der Waals surface area contributed by atoms with Gasteiger partial charge in [0.25, 0.3) is 0 Å². The number of hydrogen-bond acceptors (Lipinski definition) is 4. The number of nitrogens with one attached hydrogen (secondary N) is 1. The van der Waals surface area contributed by atoms with Gasteiger partial charge in [-0.05, 0) is 38.0 Å². The molecule has 1 saturated heterocycles. The van der Waals surface area contributed by atoms with Gasteiger partial charge in [-0.25, -0.2) is 0 Å². The summed E-state index contributed by atoms with van der Waals surface area (Å²) in [5, 5.41) is 11.8. The van der Waals surface area contributed by atoms with Crippen molar-refractivity contribution in [3.05, 3.63) is 35.4 Å². The third-order valence-electron chi connectivity index (χ3n) is 4.31. The molecule has 1 aliphatic heterocycles. The highest BCUT2D eigenvalue weighted by Crippen LogP contribution is 2.15. The summed E-state index contributed by atoms with van der Waals surface area (Å²) in [4.78, 5) is 14.4. The van der Waals surface area contributed by atoms with Crippen molar-refractivity contribution in [1.29, 1.82) is 5.26 Å². The number of nitriles is 1. The van der Waals surface area contributed by atoms with Gasteiger partial charge in [0.1, 0.15) is 0 Å². The summed E-state index contributed by atoms with van der Waals surface area (Å²) >= 11 is 0. The van der Waals surface area contributed by atoms with Gasteiger partial charge in [-0.3, -0.25) is 9.69 Å². The van der Waals surface area contributed by atoms with Crippen LogP contribution in [0.5, 0.6) is 0 Å². The molecular weight excluding hydrogens is 290 g/mol. The normalized spacial score (nSPS) is 15.9. The molecule has 0 aliphatic carbocycles. The first-order chi connectivity index (χ1) is 11.0. The molecule has 2 rings (SSSR count). The van der Waals surface area contributed by atoms with Gasteiger partial charge < -0.3 is 10.1 Å². The van der Waals surface area contributed by atoms with E-state index in [4.69, 9.17) is 10.00 Å². The molecule has 1 aromatic carbocycles. The molecule has 1 aliphatic rings. The van der Waals surface area contributed by atoms with Gasteiger partial charge in [0.2, 0.25) is 5.91 Å². The van der Waals surface area contributed by atoms with E-state index in [0.29, 0.717) is 24.9 Å². The van der Waals surface area contributed by atoms with Crippen molar-refractivity contribution in [2.24, 2.45) is 0 Å². The van der Waals surface area contributed by atoms with E-state index in [1.165, 1.54) is 0 Å². The van der Waals surface area contributed by atoms with Gasteiger partial charge in [-0.1, -0.05) is 12.1 Å². The van der Waals surface area contributed by atoms with Crippen molar-refractivity contribution < 1.29 is 9.53 Å². The molecule has 0 radical (unpaired) electrons. The van der Waals surface area contributed by atoms with Gasteiger partial charge in [-0.2, -0.15) is 5.26 Å². The molecule has 5 heteroatoms. The maximum atomic E-state index is 12.1. The second-order valence-corrected chi connectivity index (χ2v) is 6.50. The van der Waals surface area contributed by atoms with Crippen LogP contribution in [-0.2, 0) is 16.0 Å². The molecule has 1 aromatic rings. The number of hydrogen-bond donors (Lipinski definition) is 1. The minimum absolute atomic E-state index is 0.0616. The van der Waals surface area contributed by atoms with E-state index in [1.54, 1.807) is 12.1 Å². The van der Waals surface area contributed by atoms with Crippen molar-refractivity contribution in [2.45, 2.75) is 32.2 Å². The maximum absolute atomic E-state index is 12.1. The van der Waals surface area contributed by atoms with Crippen LogP contribution in [0, 0.1) is 11.3 Å². The molecule has 23 heavy (non-hydrogen) atoms. The lowest BCUT2D eigenvalue weighted by atomic mass is 10.0. The lowest BCUT2D eigenvalue weighted by molar-refractivity contribution is -0.121. The predicted molar refractivity (Wildman–Crippen MR) is 89.0 cm³/mol. The monoisotopic (exact) mass is 315 g/mol. The number of rotatable bonds is 6. The third kappa shape index (κ3) is 5.34. The first-order valence-electron chi connectivity index (χ1n) is 8.10. The molecule has 0 unspecified atom stereocenters. The molecular formula is C18H25N3O2. The zero-order valence-electron chi connectivity index (χ0n) is 14.0. The van der Waals surface area contributed by atoms with Gasteiger partial charge in [-0.15, -0.1) is 0 Å². The van der Waals surface area contributed by atoms with Crippen molar-refractivity contribution in [3.63, 3.8) is 0 Å². The fourth-order valence-electron chi connectivity index (χ4n) is 2.69. The Morgan fingerprint density at radius 2 is 1.96 bits per heavy atom. The molecule has 1 amide bonds. The van der Waals surface area contributed by atoms with Crippen LogP contribution in [-0.4, -0.2) is 49.2 Å². The average Bonchev–Trinajstić information content (AvgIpc) is 2.59. The molecule has 0 bridgehead atoms. The molecule has 0 spiro atoms. The molecule has 1 heterocycles. The smallest absolute Gasteiger partial charge is 0.220 e. The van der Waals surface area contributed by atoms with Crippen LogP contribution in [0.4, 0.5) is 0 Å². The Labute approximate surface area is 138 Å². The summed E-state index contributed by atoms with van der Waals surface area (Å²) in [6.07, 6.45) is 1.15. The Morgan fingerprint density at radius 3 is 2.57 bits per heavy atom. The van der Waals surface area contributed by atoms with E-state index in [1.807, 2.05) is 12.1 Å². The van der Waals surface area contributed by atoms with Crippen molar-refractivity contribution in [3.8, 4) is 6.07 Å². The lowest BCUT2D eigenvalue weighted by Crippen LogP contribution is -2.55. The Balaban J connectivity index is 1.74. The number of amides is 1. The Hall–Kier alpha value is -1.90. The van der Waals surface area contributed by atoms with E-state index in [9.17, 15) is 4.79 Å². The van der Waals surface area contributed by atoms with Gasteiger partial charge in [0.05, 0.1) is 24.8 Å². The fraction of sp³-hybridized carbons (Fsp3) is 0.556.